The molecule has 0 unspecified atom stereocenters. The maximum atomic E-state index is 13.3. The molecule has 1 aromatic carbocycles. The molecule has 0 fully saturated rings. The summed E-state index contributed by atoms with van der Waals surface area (Å²) in [7, 11) is 0. The summed E-state index contributed by atoms with van der Waals surface area (Å²) >= 11 is 0. The minimum atomic E-state index is -0.214. The van der Waals surface area contributed by atoms with E-state index in [1.54, 1.807) is 29.1 Å². The molecule has 1 heterocycles. The quantitative estimate of drug-likeness (QED) is 0.792. The van der Waals surface area contributed by atoms with Crippen LogP contribution in [0.2, 0.25) is 0 Å². The van der Waals surface area contributed by atoms with Gasteiger partial charge in [-0.2, -0.15) is 0 Å². The van der Waals surface area contributed by atoms with Gasteiger partial charge in [0.15, 0.2) is 0 Å². The van der Waals surface area contributed by atoms with E-state index in [1.807, 2.05) is 0 Å². The highest BCUT2D eigenvalue weighted by Crippen LogP contribution is 2.05. The number of rotatable bonds is 6. The van der Waals surface area contributed by atoms with Gasteiger partial charge in [0.05, 0.1) is 18.8 Å². The molecule has 0 atom stereocenters. The van der Waals surface area contributed by atoms with Gasteiger partial charge in [-0.15, -0.1) is 5.10 Å². The van der Waals surface area contributed by atoms with Crippen molar-refractivity contribution in [1.29, 1.82) is 0 Å². The number of aromatic nitrogens is 3. The Morgan fingerprint density at radius 2 is 2.11 bits per heavy atom. The highest BCUT2D eigenvalue weighted by molar-refractivity contribution is 5.16. The smallest absolute Gasteiger partial charge is 0.127 e. The lowest BCUT2D eigenvalue weighted by Crippen LogP contribution is -2.14. The van der Waals surface area contributed by atoms with E-state index in [-0.39, 0.29) is 12.4 Å². The molecular formula is C12H15FN4O. The Kier molecular flexibility index (Phi) is 4.38. The van der Waals surface area contributed by atoms with E-state index in [0.29, 0.717) is 25.2 Å². The Morgan fingerprint density at radius 3 is 2.89 bits per heavy atom. The van der Waals surface area contributed by atoms with Crippen molar-refractivity contribution in [3.63, 3.8) is 0 Å². The van der Waals surface area contributed by atoms with Gasteiger partial charge in [-0.3, -0.25) is 0 Å². The standard InChI is InChI=1S/C12H15FN4O/c13-12-4-2-1-3-10(12)7-14-8-11-9-17(5-6-18)16-15-11/h1-4,9,14,18H,5-8H2. The summed E-state index contributed by atoms with van der Waals surface area (Å²) < 4.78 is 14.9. The number of aliphatic hydroxyl groups is 1. The van der Waals surface area contributed by atoms with Crippen LogP contribution in [-0.2, 0) is 19.6 Å². The van der Waals surface area contributed by atoms with Crippen LogP contribution in [0.15, 0.2) is 30.5 Å². The molecule has 0 aliphatic rings. The van der Waals surface area contributed by atoms with Gasteiger partial charge in [0, 0.05) is 24.8 Å². The van der Waals surface area contributed by atoms with Gasteiger partial charge in [-0.1, -0.05) is 23.4 Å². The number of hydrogen-bond donors (Lipinski definition) is 2. The number of hydrogen-bond acceptors (Lipinski definition) is 4. The first-order chi connectivity index (χ1) is 8.79. The van der Waals surface area contributed by atoms with Crippen molar-refractivity contribution in [3.8, 4) is 0 Å². The lowest BCUT2D eigenvalue weighted by atomic mass is 10.2. The zero-order valence-electron chi connectivity index (χ0n) is 9.88. The SMILES string of the molecule is OCCn1cc(CNCc2ccccc2F)nn1. The first kappa shape index (κ1) is 12.7. The second-order valence-corrected chi connectivity index (χ2v) is 3.89. The van der Waals surface area contributed by atoms with E-state index >= 15 is 0 Å². The fraction of sp³-hybridized carbons (Fsp3) is 0.333. The monoisotopic (exact) mass is 250 g/mol. The highest BCUT2D eigenvalue weighted by Gasteiger charge is 2.02. The fourth-order valence-electron chi connectivity index (χ4n) is 1.60. The van der Waals surface area contributed by atoms with Crippen LogP contribution in [0.1, 0.15) is 11.3 Å². The molecule has 2 N–H and O–H groups in total. The van der Waals surface area contributed by atoms with Crippen LogP contribution in [0.5, 0.6) is 0 Å². The first-order valence-electron chi connectivity index (χ1n) is 5.73. The zero-order valence-corrected chi connectivity index (χ0v) is 9.88. The molecule has 0 radical (unpaired) electrons. The van der Waals surface area contributed by atoms with Crippen molar-refractivity contribution >= 4 is 0 Å². The average molecular weight is 250 g/mol. The third-order valence-electron chi connectivity index (χ3n) is 2.49. The molecule has 6 heteroatoms. The van der Waals surface area contributed by atoms with E-state index in [2.05, 4.69) is 15.6 Å². The van der Waals surface area contributed by atoms with Crippen molar-refractivity contribution < 1.29 is 9.50 Å². The van der Waals surface area contributed by atoms with Crippen LogP contribution in [0.4, 0.5) is 4.39 Å². The molecule has 0 spiro atoms. The van der Waals surface area contributed by atoms with Crippen molar-refractivity contribution in [2.45, 2.75) is 19.6 Å². The van der Waals surface area contributed by atoms with Gasteiger partial charge in [-0.05, 0) is 6.07 Å². The van der Waals surface area contributed by atoms with Crippen LogP contribution in [0, 0.1) is 5.82 Å². The van der Waals surface area contributed by atoms with Gasteiger partial charge in [0.1, 0.15) is 5.82 Å². The minimum absolute atomic E-state index is 0.0332. The summed E-state index contributed by atoms with van der Waals surface area (Å²) in [5.74, 6) is -0.214. The van der Waals surface area contributed by atoms with E-state index < -0.39 is 0 Å². The molecule has 1 aromatic heterocycles. The van der Waals surface area contributed by atoms with Crippen molar-refractivity contribution in [3.05, 3.63) is 47.5 Å². The van der Waals surface area contributed by atoms with Gasteiger partial charge < -0.3 is 10.4 Å². The van der Waals surface area contributed by atoms with Crippen LogP contribution in [-0.4, -0.2) is 26.7 Å². The summed E-state index contributed by atoms with van der Waals surface area (Å²) in [6.07, 6.45) is 1.75. The topological polar surface area (TPSA) is 63.0 Å². The number of nitrogens with one attached hydrogen (secondary N) is 1. The van der Waals surface area contributed by atoms with Gasteiger partial charge in [0.2, 0.25) is 0 Å². The molecule has 96 valence electrons. The average Bonchev–Trinajstić information content (AvgIpc) is 2.80. The molecule has 2 rings (SSSR count). The molecule has 0 amide bonds. The summed E-state index contributed by atoms with van der Waals surface area (Å²) in [6.45, 7) is 1.42. The Balaban J connectivity index is 1.83. The third-order valence-corrected chi connectivity index (χ3v) is 2.49. The lowest BCUT2D eigenvalue weighted by Gasteiger charge is -2.03. The van der Waals surface area contributed by atoms with Crippen LogP contribution in [0.3, 0.4) is 0 Å². The Hall–Kier alpha value is -1.79. The first-order valence-corrected chi connectivity index (χ1v) is 5.73. The van der Waals surface area contributed by atoms with E-state index in [0.717, 1.165) is 5.69 Å². The molecule has 18 heavy (non-hydrogen) atoms. The maximum absolute atomic E-state index is 13.3. The van der Waals surface area contributed by atoms with Crippen molar-refractivity contribution in [2.75, 3.05) is 6.61 Å². The normalized spacial score (nSPS) is 10.8. The summed E-state index contributed by atoms with van der Waals surface area (Å²) in [5.41, 5.74) is 1.39. The fourth-order valence-corrected chi connectivity index (χ4v) is 1.60. The van der Waals surface area contributed by atoms with Crippen molar-refractivity contribution in [2.24, 2.45) is 0 Å². The Labute approximate surface area is 104 Å². The molecular weight excluding hydrogens is 235 g/mol. The van der Waals surface area contributed by atoms with Crippen LogP contribution < -0.4 is 5.32 Å². The Morgan fingerprint density at radius 1 is 1.28 bits per heavy atom. The van der Waals surface area contributed by atoms with E-state index in [9.17, 15) is 4.39 Å². The highest BCUT2D eigenvalue weighted by atomic mass is 19.1. The third kappa shape index (κ3) is 3.35. The molecule has 0 saturated heterocycles. The molecule has 0 bridgehead atoms. The molecule has 0 aliphatic carbocycles. The summed E-state index contributed by atoms with van der Waals surface area (Å²) in [4.78, 5) is 0. The molecule has 5 nitrogen and oxygen atoms in total. The number of benzene rings is 1. The Bertz CT molecular complexity index is 500. The van der Waals surface area contributed by atoms with Gasteiger partial charge in [-0.25, -0.2) is 9.07 Å². The van der Waals surface area contributed by atoms with Crippen molar-refractivity contribution in [1.82, 2.24) is 20.3 Å². The zero-order chi connectivity index (χ0) is 12.8. The molecule has 0 aliphatic heterocycles. The summed E-state index contributed by atoms with van der Waals surface area (Å²) in [5, 5.41) is 19.6. The summed E-state index contributed by atoms with van der Waals surface area (Å²) in [6, 6.07) is 6.65. The predicted octanol–water partition coefficient (Wildman–Crippen LogP) is 0.699. The molecule has 0 saturated carbocycles. The van der Waals surface area contributed by atoms with Gasteiger partial charge >= 0.3 is 0 Å². The van der Waals surface area contributed by atoms with E-state index in [1.165, 1.54) is 6.07 Å². The van der Waals surface area contributed by atoms with E-state index in [4.69, 9.17) is 5.11 Å². The largest absolute Gasteiger partial charge is 0.394 e. The predicted molar refractivity (Wildman–Crippen MR) is 64.1 cm³/mol. The van der Waals surface area contributed by atoms with Gasteiger partial charge in [0.25, 0.3) is 0 Å². The van der Waals surface area contributed by atoms with Crippen LogP contribution in [0.25, 0.3) is 0 Å². The maximum Gasteiger partial charge on any atom is 0.127 e. The second kappa shape index (κ2) is 6.23. The lowest BCUT2D eigenvalue weighted by molar-refractivity contribution is 0.268. The number of aliphatic hydroxyl groups excluding tert-OH is 1. The molecule has 2 aromatic rings. The minimum Gasteiger partial charge on any atom is -0.394 e. The van der Waals surface area contributed by atoms with Crippen LogP contribution >= 0.6 is 0 Å². The second-order valence-electron chi connectivity index (χ2n) is 3.89. The number of nitrogens with zero attached hydrogens (tertiary/aromatic N) is 3. The number of halogens is 1.